The molecule has 1 fully saturated rings. The van der Waals surface area contributed by atoms with E-state index in [0.717, 1.165) is 22.6 Å². The minimum Gasteiger partial charge on any atom is -0.496 e. The van der Waals surface area contributed by atoms with Crippen molar-refractivity contribution in [1.29, 1.82) is 0 Å². The molecule has 108 valence electrons. The number of amides is 2. The molecule has 0 aliphatic carbocycles. The number of benzene rings is 1. The van der Waals surface area contributed by atoms with Crippen LogP contribution in [0.2, 0.25) is 0 Å². The van der Waals surface area contributed by atoms with E-state index in [4.69, 9.17) is 4.74 Å². The van der Waals surface area contributed by atoms with Crippen LogP contribution in [0.25, 0.3) is 0 Å². The standard InChI is InChI=1S/C15H20N2O3/c1-9-5-12(6-10(2)14(9)20-4)16-15(19)11-7-13(18)17(3)8-11/h5-6,11H,7-8H2,1-4H3,(H,16,19). The third kappa shape index (κ3) is 2.76. The van der Waals surface area contributed by atoms with Crippen LogP contribution in [-0.4, -0.2) is 37.4 Å². The average Bonchev–Trinajstić information content (AvgIpc) is 2.69. The molecule has 1 aliphatic rings. The van der Waals surface area contributed by atoms with Crippen LogP contribution in [0.15, 0.2) is 12.1 Å². The fourth-order valence-corrected chi connectivity index (χ4v) is 2.63. The molecule has 1 aromatic carbocycles. The Labute approximate surface area is 118 Å². The van der Waals surface area contributed by atoms with Crippen molar-refractivity contribution in [2.24, 2.45) is 5.92 Å². The van der Waals surface area contributed by atoms with Crippen molar-refractivity contribution in [3.63, 3.8) is 0 Å². The summed E-state index contributed by atoms with van der Waals surface area (Å²) >= 11 is 0. The normalized spacial score (nSPS) is 18.3. The van der Waals surface area contributed by atoms with E-state index < -0.39 is 0 Å². The topological polar surface area (TPSA) is 58.6 Å². The minimum absolute atomic E-state index is 0.0206. The molecule has 5 nitrogen and oxygen atoms in total. The summed E-state index contributed by atoms with van der Waals surface area (Å²) in [6.07, 6.45) is 0.288. The maximum Gasteiger partial charge on any atom is 0.229 e. The van der Waals surface area contributed by atoms with Gasteiger partial charge in [-0.25, -0.2) is 0 Å². The smallest absolute Gasteiger partial charge is 0.229 e. The van der Waals surface area contributed by atoms with Crippen molar-refractivity contribution >= 4 is 17.5 Å². The van der Waals surface area contributed by atoms with E-state index in [1.54, 1.807) is 19.1 Å². The first-order valence-corrected chi connectivity index (χ1v) is 6.62. The number of anilines is 1. The van der Waals surface area contributed by atoms with Crippen molar-refractivity contribution in [3.05, 3.63) is 23.3 Å². The molecular formula is C15H20N2O3. The zero-order valence-corrected chi connectivity index (χ0v) is 12.3. The number of nitrogens with zero attached hydrogens (tertiary/aromatic N) is 1. The third-order valence-corrected chi connectivity index (χ3v) is 3.64. The first-order valence-electron chi connectivity index (χ1n) is 6.62. The fraction of sp³-hybridized carbons (Fsp3) is 0.467. The molecule has 0 radical (unpaired) electrons. The molecular weight excluding hydrogens is 256 g/mol. The lowest BCUT2D eigenvalue weighted by molar-refractivity contribution is -0.127. The molecule has 1 atom stereocenters. The van der Waals surface area contributed by atoms with Crippen LogP contribution in [0.5, 0.6) is 5.75 Å². The summed E-state index contributed by atoms with van der Waals surface area (Å²) in [4.78, 5) is 25.2. The van der Waals surface area contributed by atoms with Gasteiger partial charge in [0, 0.05) is 25.7 Å². The van der Waals surface area contributed by atoms with E-state index in [1.807, 2.05) is 26.0 Å². The number of carbonyl (C=O) groups excluding carboxylic acids is 2. The van der Waals surface area contributed by atoms with Crippen LogP contribution >= 0.6 is 0 Å². The average molecular weight is 276 g/mol. The predicted octanol–water partition coefficient (Wildman–Crippen LogP) is 1.73. The Kier molecular flexibility index (Phi) is 3.97. The highest BCUT2D eigenvalue weighted by atomic mass is 16.5. The van der Waals surface area contributed by atoms with Gasteiger partial charge in [-0.05, 0) is 37.1 Å². The number of methoxy groups -OCH3 is 1. The lowest BCUT2D eigenvalue weighted by Crippen LogP contribution is -2.25. The molecule has 1 aromatic rings. The summed E-state index contributed by atoms with van der Waals surface area (Å²) in [5.74, 6) is 0.480. The Balaban J connectivity index is 2.11. The van der Waals surface area contributed by atoms with Gasteiger partial charge >= 0.3 is 0 Å². The SMILES string of the molecule is COc1c(C)cc(NC(=O)C2CC(=O)N(C)C2)cc1C. The Morgan fingerprint density at radius 1 is 1.35 bits per heavy atom. The van der Waals surface area contributed by atoms with Crippen LogP contribution in [-0.2, 0) is 9.59 Å². The summed E-state index contributed by atoms with van der Waals surface area (Å²) in [5, 5.41) is 2.88. The predicted molar refractivity (Wildman–Crippen MR) is 76.8 cm³/mol. The van der Waals surface area contributed by atoms with E-state index in [-0.39, 0.29) is 24.2 Å². The Hall–Kier alpha value is -2.04. The second kappa shape index (κ2) is 5.53. The van der Waals surface area contributed by atoms with Gasteiger partial charge in [0.1, 0.15) is 5.75 Å². The Morgan fingerprint density at radius 2 is 1.95 bits per heavy atom. The van der Waals surface area contributed by atoms with Gasteiger partial charge in [0.15, 0.2) is 0 Å². The molecule has 2 rings (SSSR count). The summed E-state index contributed by atoms with van der Waals surface area (Å²) < 4.78 is 5.30. The van der Waals surface area contributed by atoms with E-state index in [2.05, 4.69) is 5.32 Å². The number of nitrogens with one attached hydrogen (secondary N) is 1. The van der Waals surface area contributed by atoms with Crippen molar-refractivity contribution in [1.82, 2.24) is 4.90 Å². The van der Waals surface area contributed by atoms with Crippen LogP contribution in [0, 0.1) is 19.8 Å². The quantitative estimate of drug-likeness (QED) is 0.914. The molecule has 20 heavy (non-hydrogen) atoms. The van der Waals surface area contributed by atoms with Crippen LogP contribution in [0.4, 0.5) is 5.69 Å². The molecule has 2 amide bonds. The molecule has 5 heteroatoms. The van der Waals surface area contributed by atoms with Gasteiger partial charge in [0.05, 0.1) is 13.0 Å². The molecule has 0 spiro atoms. The van der Waals surface area contributed by atoms with E-state index in [9.17, 15) is 9.59 Å². The summed E-state index contributed by atoms with van der Waals surface area (Å²) in [6, 6.07) is 3.76. The largest absolute Gasteiger partial charge is 0.496 e. The van der Waals surface area contributed by atoms with Crippen molar-refractivity contribution < 1.29 is 14.3 Å². The minimum atomic E-state index is -0.268. The lowest BCUT2D eigenvalue weighted by Gasteiger charge is -2.14. The summed E-state index contributed by atoms with van der Waals surface area (Å²) in [5.41, 5.74) is 2.69. The lowest BCUT2D eigenvalue weighted by atomic mass is 10.1. The number of rotatable bonds is 3. The number of hydrogen-bond donors (Lipinski definition) is 1. The molecule has 1 unspecified atom stereocenters. The van der Waals surface area contributed by atoms with Crippen molar-refractivity contribution in [3.8, 4) is 5.75 Å². The highest BCUT2D eigenvalue weighted by Gasteiger charge is 2.32. The van der Waals surface area contributed by atoms with Crippen molar-refractivity contribution in [2.45, 2.75) is 20.3 Å². The number of hydrogen-bond acceptors (Lipinski definition) is 3. The van der Waals surface area contributed by atoms with E-state index >= 15 is 0 Å². The van der Waals surface area contributed by atoms with Crippen LogP contribution < -0.4 is 10.1 Å². The zero-order chi connectivity index (χ0) is 14.9. The Bertz CT molecular complexity index is 531. The maximum atomic E-state index is 12.2. The molecule has 1 heterocycles. The first-order chi connectivity index (χ1) is 9.42. The van der Waals surface area contributed by atoms with Gasteiger partial charge in [-0.3, -0.25) is 9.59 Å². The van der Waals surface area contributed by atoms with Crippen LogP contribution in [0.1, 0.15) is 17.5 Å². The fourth-order valence-electron chi connectivity index (χ4n) is 2.63. The van der Waals surface area contributed by atoms with Crippen molar-refractivity contribution in [2.75, 3.05) is 26.0 Å². The van der Waals surface area contributed by atoms with E-state index in [0.29, 0.717) is 6.54 Å². The third-order valence-electron chi connectivity index (χ3n) is 3.64. The number of ether oxygens (including phenoxy) is 1. The second-order valence-electron chi connectivity index (χ2n) is 5.31. The molecule has 0 saturated carbocycles. The monoisotopic (exact) mass is 276 g/mol. The summed E-state index contributed by atoms with van der Waals surface area (Å²) in [6.45, 7) is 4.36. The zero-order valence-electron chi connectivity index (χ0n) is 12.3. The molecule has 0 aromatic heterocycles. The van der Waals surface area contributed by atoms with Crippen LogP contribution in [0.3, 0.4) is 0 Å². The Morgan fingerprint density at radius 3 is 2.40 bits per heavy atom. The number of likely N-dealkylation sites (tertiary alicyclic amines) is 1. The number of carbonyl (C=O) groups is 2. The molecule has 0 bridgehead atoms. The van der Waals surface area contributed by atoms with Gasteiger partial charge in [0.25, 0.3) is 0 Å². The summed E-state index contributed by atoms with van der Waals surface area (Å²) in [7, 11) is 3.35. The first kappa shape index (κ1) is 14.4. The molecule has 1 saturated heterocycles. The molecule has 1 N–H and O–H groups in total. The van der Waals surface area contributed by atoms with Gasteiger partial charge in [-0.2, -0.15) is 0 Å². The maximum absolute atomic E-state index is 12.2. The van der Waals surface area contributed by atoms with Gasteiger partial charge < -0.3 is 15.0 Å². The van der Waals surface area contributed by atoms with Gasteiger partial charge in [-0.15, -0.1) is 0 Å². The second-order valence-corrected chi connectivity index (χ2v) is 5.31. The molecule has 1 aliphatic heterocycles. The number of aryl methyl sites for hydroxylation is 2. The van der Waals surface area contributed by atoms with E-state index in [1.165, 1.54) is 0 Å². The van der Waals surface area contributed by atoms with Gasteiger partial charge in [-0.1, -0.05) is 0 Å². The highest BCUT2D eigenvalue weighted by molar-refractivity contribution is 5.97. The van der Waals surface area contributed by atoms with Gasteiger partial charge in [0.2, 0.25) is 11.8 Å². The highest BCUT2D eigenvalue weighted by Crippen LogP contribution is 2.27.